The van der Waals surface area contributed by atoms with Gasteiger partial charge in [-0.25, -0.2) is 9.78 Å². The number of fused-ring (bicyclic) bond motifs is 2. The van der Waals surface area contributed by atoms with E-state index < -0.39 is 5.97 Å². The summed E-state index contributed by atoms with van der Waals surface area (Å²) in [5.41, 5.74) is 4.07. The molecule has 0 aliphatic carbocycles. The van der Waals surface area contributed by atoms with Crippen molar-refractivity contribution in [3.05, 3.63) is 34.5 Å². The molecule has 0 fully saturated rings. The van der Waals surface area contributed by atoms with E-state index in [1.165, 1.54) is 11.3 Å². The minimum absolute atomic E-state index is 0.0533. The van der Waals surface area contributed by atoms with Crippen LogP contribution in [0.25, 0.3) is 16.2 Å². The molecule has 0 bridgehead atoms. The molecule has 3 aromatic rings. The number of likely N-dealkylation sites (N-methyl/N-ethyl adjacent to an activating group) is 1. The number of anilines is 1. The van der Waals surface area contributed by atoms with Crippen LogP contribution in [-0.4, -0.2) is 39.5 Å². The number of hydrogen-bond donors (Lipinski definition) is 1. The fraction of sp³-hybridized carbons (Fsp3) is 0.316. The summed E-state index contributed by atoms with van der Waals surface area (Å²) in [6, 6.07) is 5.72. The van der Waals surface area contributed by atoms with Gasteiger partial charge in [-0.15, -0.1) is 0 Å². The standard InChI is InChI=1S/C19H19N3O4S/c1-4-12-16(20-19-22(12)10(3)17(27-19)18(24)25)11-6-7-14-13(8-11)21(5-2)15(23)9-26-14/h6-8H,4-5,9H2,1-3H3,(H,24,25). The van der Waals surface area contributed by atoms with E-state index in [1.54, 1.807) is 11.8 Å². The van der Waals surface area contributed by atoms with Gasteiger partial charge in [0.1, 0.15) is 10.6 Å². The van der Waals surface area contributed by atoms with E-state index in [0.717, 1.165) is 22.6 Å². The van der Waals surface area contributed by atoms with Crippen LogP contribution >= 0.6 is 11.3 Å². The van der Waals surface area contributed by atoms with Crippen LogP contribution in [0.1, 0.15) is 34.9 Å². The second-order valence-corrected chi connectivity index (χ2v) is 7.29. The third-order valence-electron chi connectivity index (χ3n) is 4.82. The Hall–Kier alpha value is -2.87. The van der Waals surface area contributed by atoms with Crippen molar-refractivity contribution in [2.24, 2.45) is 0 Å². The monoisotopic (exact) mass is 385 g/mol. The third-order valence-corrected chi connectivity index (χ3v) is 5.95. The molecule has 8 heteroatoms. The van der Waals surface area contributed by atoms with Crippen LogP contribution in [0.4, 0.5) is 5.69 Å². The molecule has 1 N–H and O–H groups in total. The van der Waals surface area contributed by atoms with Gasteiger partial charge in [-0.2, -0.15) is 0 Å². The number of aryl methyl sites for hydroxylation is 2. The molecule has 0 spiro atoms. The molecule has 1 aromatic carbocycles. The molecule has 1 aliphatic heterocycles. The number of imidazole rings is 1. The molecule has 4 rings (SSSR count). The minimum Gasteiger partial charge on any atom is -0.482 e. The quantitative estimate of drug-likeness (QED) is 0.744. The lowest BCUT2D eigenvalue weighted by Crippen LogP contribution is -2.38. The predicted octanol–water partition coefficient (Wildman–Crippen LogP) is 3.38. The zero-order valence-electron chi connectivity index (χ0n) is 15.3. The van der Waals surface area contributed by atoms with E-state index in [-0.39, 0.29) is 12.5 Å². The molecule has 0 saturated heterocycles. The van der Waals surface area contributed by atoms with Gasteiger partial charge in [0.05, 0.1) is 17.1 Å². The number of aromatic nitrogens is 2. The lowest BCUT2D eigenvalue weighted by molar-refractivity contribution is -0.121. The molecule has 140 valence electrons. The van der Waals surface area contributed by atoms with E-state index in [0.29, 0.717) is 34.2 Å². The number of aromatic carboxylic acids is 1. The van der Waals surface area contributed by atoms with Crippen molar-refractivity contribution in [1.82, 2.24) is 9.38 Å². The van der Waals surface area contributed by atoms with E-state index in [1.807, 2.05) is 36.4 Å². The first-order chi connectivity index (χ1) is 13.0. The summed E-state index contributed by atoms with van der Waals surface area (Å²) in [6.45, 7) is 6.38. The molecule has 2 aromatic heterocycles. The highest BCUT2D eigenvalue weighted by Gasteiger charge is 2.26. The molecule has 7 nitrogen and oxygen atoms in total. The largest absolute Gasteiger partial charge is 0.482 e. The van der Waals surface area contributed by atoms with Gasteiger partial charge in [-0.3, -0.25) is 9.20 Å². The van der Waals surface area contributed by atoms with E-state index in [4.69, 9.17) is 9.72 Å². The SMILES string of the molecule is CCc1c(-c2ccc3c(c2)N(CC)C(=O)CO3)nc2sc(C(=O)O)c(C)n12. The number of thiazole rings is 1. The van der Waals surface area contributed by atoms with Crippen molar-refractivity contribution >= 4 is 33.9 Å². The number of ether oxygens (including phenoxy) is 1. The Morgan fingerprint density at radius 2 is 2.15 bits per heavy atom. The molecule has 0 unspecified atom stereocenters. The lowest BCUT2D eigenvalue weighted by Gasteiger charge is -2.28. The van der Waals surface area contributed by atoms with Gasteiger partial charge in [0, 0.05) is 17.8 Å². The summed E-state index contributed by atoms with van der Waals surface area (Å²) in [7, 11) is 0. The maximum atomic E-state index is 12.1. The number of amides is 1. The van der Waals surface area contributed by atoms with Gasteiger partial charge < -0.3 is 14.7 Å². The van der Waals surface area contributed by atoms with Gasteiger partial charge in [-0.05, 0) is 38.5 Å². The van der Waals surface area contributed by atoms with Crippen LogP contribution < -0.4 is 9.64 Å². The molecule has 27 heavy (non-hydrogen) atoms. The Balaban J connectivity index is 1.89. The minimum atomic E-state index is -0.936. The zero-order chi connectivity index (χ0) is 19.3. The normalized spacial score (nSPS) is 13.7. The maximum Gasteiger partial charge on any atom is 0.347 e. The Bertz CT molecular complexity index is 1080. The zero-order valence-corrected chi connectivity index (χ0v) is 16.1. The van der Waals surface area contributed by atoms with Crippen LogP contribution in [0.3, 0.4) is 0 Å². The van der Waals surface area contributed by atoms with Gasteiger partial charge in [0.25, 0.3) is 5.91 Å². The number of hydrogen-bond acceptors (Lipinski definition) is 5. The van der Waals surface area contributed by atoms with Crippen LogP contribution in [0.5, 0.6) is 5.75 Å². The van der Waals surface area contributed by atoms with E-state index in [9.17, 15) is 14.7 Å². The summed E-state index contributed by atoms with van der Waals surface area (Å²) in [6.07, 6.45) is 0.705. The van der Waals surface area contributed by atoms with E-state index >= 15 is 0 Å². The smallest absolute Gasteiger partial charge is 0.347 e. The molecule has 0 radical (unpaired) electrons. The molecule has 3 heterocycles. The van der Waals surface area contributed by atoms with Gasteiger partial charge >= 0.3 is 5.97 Å². The molecular formula is C19H19N3O4S. The number of nitrogens with zero attached hydrogens (tertiary/aromatic N) is 3. The van der Waals surface area contributed by atoms with Crippen LogP contribution in [0, 0.1) is 6.92 Å². The Morgan fingerprint density at radius 1 is 1.37 bits per heavy atom. The van der Waals surface area contributed by atoms with Crippen LogP contribution in [0.15, 0.2) is 18.2 Å². The highest BCUT2D eigenvalue weighted by Crippen LogP contribution is 2.38. The number of carboxylic acids is 1. The maximum absolute atomic E-state index is 12.1. The third kappa shape index (κ3) is 2.59. The average molecular weight is 385 g/mol. The fourth-order valence-corrected chi connectivity index (χ4v) is 4.55. The van der Waals surface area contributed by atoms with E-state index in [2.05, 4.69) is 0 Å². The highest BCUT2D eigenvalue weighted by atomic mass is 32.1. The van der Waals surface area contributed by atoms with Gasteiger partial charge in [0.2, 0.25) is 0 Å². The Kier molecular flexibility index (Phi) is 4.15. The van der Waals surface area contributed by atoms with Crippen molar-refractivity contribution in [3.8, 4) is 17.0 Å². The Morgan fingerprint density at radius 3 is 2.81 bits per heavy atom. The second-order valence-electron chi connectivity index (χ2n) is 6.31. The van der Waals surface area contributed by atoms with Crippen molar-refractivity contribution in [2.45, 2.75) is 27.2 Å². The molecule has 0 saturated carbocycles. The van der Waals surface area contributed by atoms with Crippen LogP contribution in [0.2, 0.25) is 0 Å². The average Bonchev–Trinajstić information content (AvgIpc) is 3.18. The first-order valence-corrected chi connectivity index (χ1v) is 9.59. The summed E-state index contributed by atoms with van der Waals surface area (Å²) in [5, 5.41) is 9.37. The Labute approximate surface area is 159 Å². The molecule has 1 aliphatic rings. The highest BCUT2D eigenvalue weighted by molar-refractivity contribution is 7.19. The lowest BCUT2D eigenvalue weighted by atomic mass is 10.1. The fourth-order valence-electron chi connectivity index (χ4n) is 3.56. The van der Waals surface area contributed by atoms with Gasteiger partial charge in [0.15, 0.2) is 11.6 Å². The number of rotatable bonds is 4. The van der Waals surface area contributed by atoms with Gasteiger partial charge in [-0.1, -0.05) is 18.3 Å². The van der Waals surface area contributed by atoms with Crippen molar-refractivity contribution in [3.63, 3.8) is 0 Å². The van der Waals surface area contributed by atoms with Crippen molar-refractivity contribution in [2.75, 3.05) is 18.1 Å². The first kappa shape index (κ1) is 17.5. The molecule has 1 amide bonds. The molecular weight excluding hydrogens is 366 g/mol. The van der Waals surface area contributed by atoms with Crippen molar-refractivity contribution < 1.29 is 19.4 Å². The predicted molar refractivity (Wildman–Crippen MR) is 103 cm³/mol. The first-order valence-electron chi connectivity index (χ1n) is 8.77. The summed E-state index contributed by atoms with van der Waals surface area (Å²) in [5.74, 6) is -0.316. The number of benzene rings is 1. The molecule has 0 atom stereocenters. The number of carboxylic acid groups (broad SMARTS) is 1. The second kappa shape index (κ2) is 6.38. The number of carbonyl (C=O) groups excluding carboxylic acids is 1. The summed E-state index contributed by atoms with van der Waals surface area (Å²) >= 11 is 1.17. The summed E-state index contributed by atoms with van der Waals surface area (Å²) in [4.78, 5) is 30.9. The summed E-state index contributed by atoms with van der Waals surface area (Å²) < 4.78 is 7.46. The number of carbonyl (C=O) groups is 2. The topological polar surface area (TPSA) is 84.1 Å². The van der Waals surface area contributed by atoms with Crippen molar-refractivity contribution in [1.29, 1.82) is 0 Å². The van der Waals surface area contributed by atoms with Crippen LogP contribution in [-0.2, 0) is 11.2 Å².